The number of anilines is 3. The summed E-state index contributed by atoms with van der Waals surface area (Å²) in [6, 6.07) is 21.6. The standard InChI is InChI=1S/C20H18N2O4/c1-25-19-10-6-15(7-11-19)21(16-8-12-20(26-2)13-9-16)17-4-3-5-18(14-17)22(23)24/h3-14H,1-2H3. The number of non-ortho nitro benzene ring substituents is 1. The van der Waals surface area contributed by atoms with Crippen LogP contribution in [0.5, 0.6) is 11.5 Å². The second kappa shape index (κ2) is 7.57. The summed E-state index contributed by atoms with van der Waals surface area (Å²) >= 11 is 0. The van der Waals surface area contributed by atoms with Crippen LogP contribution in [-0.2, 0) is 0 Å². The first-order valence-corrected chi connectivity index (χ1v) is 7.95. The van der Waals surface area contributed by atoms with E-state index < -0.39 is 4.92 Å². The van der Waals surface area contributed by atoms with Gasteiger partial charge in [-0.3, -0.25) is 10.1 Å². The molecule has 0 saturated carbocycles. The lowest BCUT2D eigenvalue weighted by Gasteiger charge is -2.25. The van der Waals surface area contributed by atoms with Crippen molar-refractivity contribution in [2.75, 3.05) is 19.1 Å². The lowest BCUT2D eigenvalue weighted by molar-refractivity contribution is -0.384. The van der Waals surface area contributed by atoms with Gasteiger partial charge in [0.2, 0.25) is 0 Å². The van der Waals surface area contributed by atoms with Crippen molar-refractivity contribution in [3.63, 3.8) is 0 Å². The topological polar surface area (TPSA) is 64.8 Å². The molecule has 3 rings (SSSR count). The van der Waals surface area contributed by atoms with Crippen molar-refractivity contribution in [2.45, 2.75) is 0 Å². The van der Waals surface area contributed by atoms with Crippen molar-refractivity contribution in [1.29, 1.82) is 0 Å². The minimum atomic E-state index is -0.399. The summed E-state index contributed by atoms with van der Waals surface area (Å²) in [7, 11) is 3.22. The molecule has 0 aliphatic rings. The van der Waals surface area contributed by atoms with E-state index in [0.29, 0.717) is 5.69 Å². The Balaban J connectivity index is 2.11. The van der Waals surface area contributed by atoms with Gasteiger partial charge in [-0.1, -0.05) is 6.07 Å². The molecule has 0 amide bonds. The molecule has 0 unspecified atom stereocenters. The summed E-state index contributed by atoms with van der Waals surface area (Å²) in [4.78, 5) is 12.7. The van der Waals surface area contributed by atoms with E-state index in [2.05, 4.69) is 0 Å². The summed E-state index contributed by atoms with van der Waals surface area (Å²) in [5.74, 6) is 1.48. The molecule has 0 aliphatic heterocycles. The van der Waals surface area contributed by atoms with Gasteiger partial charge in [-0.2, -0.15) is 0 Å². The highest BCUT2D eigenvalue weighted by molar-refractivity contribution is 5.78. The molecular weight excluding hydrogens is 332 g/mol. The third kappa shape index (κ3) is 3.59. The summed E-state index contributed by atoms with van der Waals surface area (Å²) in [6.07, 6.45) is 0. The van der Waals surface area contributed by atoms with E-state index in [9.17, 15) is 10.1 Å². The molecule has 3 aromatic carbocycles. The Labute approximate surface area is 151 Å². The number of ether oxygens (including phenoxy) is 2. The SMILES string of the molecule is COc1ccc(N(c2ccc(OC)cc2)c2cccc([N+](=O)[O-])c2)cc1. The van der Waals surface area contributed by atoms with Crippen LogP contribution >= 0.6 is 0 Å². The van der Waals surface area contributed by atoms with Crippen molar-refractivity contribution in [1.82, 2.24) is 0 Å². The van der Waals surface area contributed by atoms with Gasteiger partial charge in [-0.05, 0) is 54.6 Å². The van der Waals surface area contributed by atoms with Gasteiger partial charge in [0.15, 0.2) is 0 Å². The van der Waals surface area contributed by atoms with E-state index in [1.165, 1.54) is 6.07 Å². The van der Waals surface area contributed by atoms with Crippen LogP contribution in [0.4, 0.5) is 22.7 Å². The van der Waals surface area contributed by atoms with E-state index in [4.69, 9.17) is 9.47 Å². The maximum atomic E-state index is 11.2. The molecule has 0 saturated heterocycles. The Hall–Kier alpha value is -3.54. The number of benzene rings is 3. The zero-order valence-electron chi connectivity index (χ0n) is 14.5. The molecule has 0 spiro atoms. The minimum Gasteiger partial charge on any atom is -0.497 e. The molecule has 0 heterocycles. The lowest BCUT2D eigenvalue weighted by Crippen LogP contribution is -2.10. The predicted octanol–water partition coefficient (Wildman–Crippen LogP) is 5.08. The van der Waals surface area contributed by atoms with Crippen molar-refractivity contribution >= 4 is 22.7 Å². The molecule has 3 aromatic rings. The molecular formula is C20H18N2O4. The molecule has 0 radical (unpaired) electrons. The third-order valence-corrected chi connectivity index (χ3v) is 3.96. The molecule has 26 heavy (non-hydrogen) atoms. The molecule has 6 nitrogen and oxygen atoms in total. The van der Waals surface area contributed by atoms with Crippen LogP contribution in [0.25, 0.3) is 0 Å². The Morgan fingerprint density at radius 1 is 0.769 bits per heavy atom. The molecule has 0 aliphatic carbocycles. The predicted molar refractivity (Wildman–Crippen MR) is 101 cm³/mol. The zero-order valence-corrected chi connectivity index (χ0v) is 14.5. The highest BCUT2D eigenvalue weighted by Gasteiger charge is 2.15. The maximum Gasteiger partial charge on any atom is 0.271 e. The van der Waals surface area contributed by atoms with Crippen LogP contribution in [0.2, 0.25) is 0 Å². The molecule has 132 valence electrons. The van der Waals surface area contributed by atoms with Crippen molar-refractivity contribution in [3.05, 3.63) is 82.9 Å². The minimum absolute atomic E-state index is 0.0366. The molecule has 0 atom stereocenters. The largest absolute Gasteiger partial charge is 0.497 e. The number of hydrogen-bond donors (Lipinski definition) is 0. The Morgan fingerprint density at radius 3 is 1.69 bits per heavy atom. The summed E-state index contributed by atoms with van der Waals surface area (Å²) < 4.78 is 10.4. The first-order valence-electron chi connectivity index (χ1n) is 7.95. The van der Waals surface area contributed by atoms with Gasteiger partial charge in [0, 0.05) is 23.5 Å². The van der Waals surface area contributed by atoms with Crippen LogP contribution in [0, 0.1) is 10.1 Å². The van der Waals surface area contributed by atoms with E-state index in [0.717, 1.165) is 22.9 Å². The van der Waals surface area contributed by atoms with E-state index in [1.54, 1.807) is 26.4 Å². The second-order valence-electron chi connectivity index (χ2n) is 5.51. The summed E-state index contributed by atoms with van der Waals surface area (Å²) in [5.41, 5.74) is 2.44. The Morgan fingerprint density at radius 2 is 1.27 bits per heavy atom. The number of nitrogens with zero attached hydrogens (tertiary/aromatic N) is 2. The molecule has 0 bridgehead atoms. The van der Waals surface area contributed by atoms with E-state index >= 15 is 0 Å². The number of nitro benzene ring substituents is 1. The Bertz CT molecular complexity index is 845. The molecule has 0 fully saturated rings. The molecule has 0 N–H and O–H groups in total. The zero-order chi connectivity index (χ0) is 18.5. The fraction of sp³-hybridized carbons (Fsp3) is 0.100. The third-order valence-electron chi connectivity index (χ3n) is 3.96. The first kappa shape index (κ1) is 17.3. The summed E-state index contributed by atoms with van der Waals surface area (Å²) in [6.45, 7) is 0. The Kier molecular flexibility index (Phi) is 5.03. The lowest BCUT2D eigenvalue weighted by atomic mass is 10.1. The highest BCUT2D eigenvalue weighted by Crippen LogP contribution is 2.37. The van der Waals surface area contributed by atoms with Crippen molar-refractivity contribution < 1.29 is 14.4 Å². The summed E-state index contributed by atoms with van der Waals surface area (Å²) in [5, 5.41) is 11.2. The molecule has 6 heteroatoms. The van der Waals surface area contributed by atoms with Gasteiger partial charge in [0.1, 0.15) is 11.5 Å². The van der Waals surface area contributed by atoms with Gasteiger partial charge >= 0.3 is 0 Å². The van der Waals surface area contributed by atoms with E-state index in [1.807, 2.05) is 59.5 Å². The highest BCUT2D eigenvalue weighted by atomic mass is 16.6. The van der Waals surface area contributed by atoms with Crippen molar-refractivity contribution in [2.24, 2.45) is 0 Å². The van der Waals surface area contributed by atoms with Crippen LogP contribution in [0.3, 0.4) is 0 Å². The fourth-order valence-electron chi connectivity index (χ4n) is 2.66. The van der Waals surface area contributed by atoms with Gasteiger partial charge < -0.3 is 14.4 Å². The number of methoxy groups -OCH3 is 2. The normalized spacial score (nSPS) is 10.2. The maximum absolute atomic E-state index is 11.2. The number of hydrogen-bond acceptors (Lipinski definition) is 5. The van der Waals surface area contributed by atoms with Gasteiger partial charge in [0.05, 0.1) is 24.8 Å². The van der Waals surface area contributed by atoms with Gasteiger partial charge in [-0.15, -0.1) is 0 Å². The van der Waals surface area contributed by atoms with Crippen LogP contribution in [0.15, 0.2) is 72.8 Å². The first-order chi connectivity index (χ1) is 12.6. The average Bonchev–Trinajstić information content (AvgIpc) is 2.69. The quantitative estimate of drug-likeness (QED) is 0.458. The fourth-order valence-corrected chi connectivity index (χ4v) is 2.66. The average molecular weight is 350 g/mol. The number of rotatable bonds is 6. The van der Waals surface area contributed by atoms with Crippen LogP contribution in [-0.4, -0.2) is 19.1 Å². The van der Waals surface area contributed by atoms with Crippen LogP contribution < -0.4 is 14.4 Å². The number of nitro groups is 1. The van der Waals surface area contributed by atoms with Gasteiger partial charge in [-0.25, -0.2) is 0 Å². The molecule has 0 aromatic heterocycles. The smallest absolute Gasteiger partial charge is 0.271 e. The van der Waals surface area contributed by atoms with E-state index in [-0.39, 0.29) is 5.69 Å². The van der Waals surface area contributed by atoms with Gasteiger partial charge in [0.25, 0.3) is 5.69 Å². The second-order valence-corrected chi connectivity index (χ2v) is 5.51. The monoisotopic (exact) mass is 350 g/mol. The van der Waals surface area contributed by atoms with Crippen LogP contribution in [0.1, 0.15) is 0 Å². The van der Waals surface area contributed by atoms with Crippen molar-refractivity contribution in [3.8, 4) is 11.5 Å².